The predicted octanol–water partition coefficient (Wildman–Crippen LogP) is 2.96. The third-order valence-corrected chi connectivity index (χ3v) is 5.67. The van der Waals surface area contributed by atoms with E-state index in [4.69, 9.17) is 0 Å². The topological polar surface area (TPSA) is 62.3 Å². The number of pyridine rings is 1. The van der Waals surface area contributed by atoms with Crippen molar-refractivity contribution in [3.63, 3.8) is 0 Å². The van der Waals surface area contributed by atoms with Crippen LogP contribution in [0, 0.1) is 5.92 Å². The number of hydrogen-bond acceptors (Lipinski definition) is 4. The summed E-state index contributed by atoms with van der Waals surface area (Å²) in [5.74, 6) is 0.821. The van der Waals surface area contributed by atoms with E-state index in [9.17, 15) is 8.42 Å². The monoisotopic (exact) mass is 313 g/mol. The molecule has 1 aromatic rings. The highest BCUT2D eigenvalue weighted by atomic mass is 32.2. The van der Waals surface area contributed by atoms with Gasteiger partial charge < -0.3 is 5.32 Å². The third kappa shape index (κ3) is 4.41. The summed E-state index contributed by atoms with van der Waals surface area (Å²) in [6.07, 6.45) is 3.57. The molecular weight excluding hydrogens is 286 g/mol. The molecule has 0 spiro atoms. The van der Waals surface area contributed by atoms with Gasteiger partial charge in [-0.15, -0.1) is 0 Å². The van der Waals surface area contributed by atoms with Crippen LogP contribution < -0.4 is 5.32 Å². The van der Waals surface area contributed by atoms with Crippen molar-refractivity contribution in [1.29, 1.82) is 0 Å². The van der Waals surface area contributed by atoms with Crippen LogP contribution in [0.25, 0.3) is 0 Å². The van der Waals surface area contributed by atoms with Gasteiger partial charge in [0.15, 0.2) is 0 Å². The molecule has 1 heterocycles. The van der Waals surface area contributed by atoms with Crippen LogP contribution in [0.3, 0.4) is 0 Å². The van der Waals surface area contributed by atoms with Gasteiger partial charge in [-0.25, -0.2) is 13.4 Å². The third-order valence-electron chi connectivity index (χ3n) is 3.70. The molecule has 1 rings (SSSR count). The summed E-state index contributed by atoms with van der Waals surface area (Å²) in [6.45, 7) is 9.67. The standard InChI is InChI=1S/C15H27N3O2S/c1-5-13(6-2)12-18(8-4)21(19,20)14-10-9-11-17-15(14)16-7-3/h9-11,13H,5-8,12H2,1-4H3,(H,16,17). The van der Waals surface area contributed by atoms with Gasteiger partial charge in [-0.2, -0.15) is 4.31 Å². The van der Waals surface area contributed by atoms with Crippen molar-refractivity contribution in [3.05, 3.63) is 18.3 Å². The van der Waals surface area contributed by atoms with Gasteiger partial charge >= 0.3 is 0 Å². The molecule has 0 bridgehead atoms. The van der Waals surface area contributed by atoms with Crippen molar-refractivity contribution < 1.29 is 8.42 Å². The molecular formula is C15H27N3O2S. The van der Waals surface area contributed by atoms with Crippen molar-refractivity contribution in [2.75, 3.05) is 25.0 Å². The van der Waals surface area contributed by atoms with Crippen molar-refractivity contribution in [1.82, 2.24) is 9.29 Å². The quantitative estimate of drug-likeness (QED) is 0.761. The molecule has 0 amide bonds. The fourth-order valence-electron chi connectivity index (χ4n) is 2.27. The number of anilines is 1. The molecule has 120 valence electrons. The first kappa shape index (κ1) is 17.9. The van der Waals surface area contributed by atoms with Crippen molar-refractivity contribution in [2.45, 2.75) is 45.4 Å². The zero-order valence-electron chi connectivity index (χ0n) is 13.5. The Hall–Kier alpha value is -1.14. The van der Waals surface area contributed by atoms with Gasteiger partial charge in [0.05, 0.1) is 0 Å². The fourth-order valence-corrected chi connectivity index (χ4v) is 3.91. The number of sulfonamides is 1. The van der Waals surface area contributed by atoms with E-state index in [-0.39, 0.29) is 4.90 Å². The highest BCUT2D eigenvalue weighted by molar-refractivity contribution is 7.89. The molecule has 0 fully saturated rings. The van der Waals surface area contributed by atoms with E-state index in [1.807, 2.05) is 13.8 Å². The second-order valence-corrected chi connectivity index (χ2v) is 6.93. The number of aromatic nitrogens is 1. The van der Waals surface area contributed by atoms with Gasteiger partial charge in [0.2, 0.25) is 10.0 Å². The lowest BCUT2D eigenvalue weighted by atomic mass is 10.0. The Labute approximate surface area is 128 Å². The van der Waals surface area contributed by atoms with E-state index in [0.717, 1.165) is 12.8 Å². The molecule has 0 aliphatic heterocycles. The van der Waals surface area contributed by atoms with Crippen LogP contribution in [-0.4, -0.2) is 37.3 Å². The lowest BCUT2D eigenvalue weighted by Crippen LogP contribution is -2.35. The first-order chi connectivity index (χ1) is 10.0. The molecule has 0 unspecified atom stereocenters. The summed E-state index contributed by atoms with van der Waals surface area (Å²) in [7, 11) is -3.51. The van der Waals surface area contributed by atoms with E-state index in [0.29, 0.717) is 31.4 Å². The maximum Gasteiger partial charge on any atom is 0.246 e. The molecule has 0 aliphatic carbocycles. The number of rotatable bonds is 9. The summed E-state index contributed by atoms with van der Waals surface area (Å²) in [4.78, 5) is 4.42. The molecule has 0 saturated heterocycles. The summed E-state index contributed by atoms with van der Waals surface area (Å²) in [6, 6.07) is 3.29. The number of nitrogens with one attached hydrogen (secondary N) is 1. The first-order valence-corrected chi connectivity index (χ1v) is 9.14. The first-order valence-electron chi connectivity index (χ1n) is 7.70. The minimum absolute atomic E-state index is 0.264. The molecule has 1 aromatic heterocycles. The lowest BCUT2D eigenvalue weighted by Gasteiger charge is -2.25. The molecule has 6 heteroatoms. The number of nitrogens with zero attached hydrogens (tertiary/aromatic N) is 2. The summed E-state index contributed by atoms with van der Waals surface area (Å²) < 4.78 is 27.3. The lowest BCUT2D eigenvalue weighted by molar-refractivity contribution is 0.339. The summed E-state index contributed by atoms with van der Waals surface area (Å²) in [5.41, 5.74) is 0. The Balaban J connectivity index is 3.12. The van der Waals surface area contributed by atoms with Crippen molar-refractivity contribution in [2.24, 2.45) is 5.92 Å². The van der Waals surface area contributed by atoms with Crippen LogP contribution in [0.1, 0.15) is 40.5 Å². The van der Waals surface area contributed by atoms with Gasteiger partial charge in [0, 0.05) is 25.8 Å². The Kier molecular flexibility index (Phi) is 7.11. The van der Waals surface area contributed by atoms with Crippen LogP contribution in [0.15, 0.2) is 23.2 Å². The van der Waals surface area contributed by atoms with E-state index in [2.05, 4.69) is 24.1 Å². The van der Waals surface area contributed by atoms with E-state index in [1.54, 1.807) is 22.6 Å². The Morgan fingerprint density at radius 2 is 1.90 bits per heavy atom. The average molecular weight is 313 g/mol. The minimum Gasteiger partial charge on any atom is -0.369 e. The second-order valence-electron chi connectivity index (χ2n) is 5.02. The minimum atomic E-state index is -3.51. The van der Waals surface area contributed by atoms with E-state index < -0.39 is 10.0 Å². The fraction of sp³-hybridized carbons (Fsp3) is 0.667. The smallest absolute Gasteiger partial charge is 0.246 e. The van der Waals surface area contributed by atoms with Crippen LogP contribution in [0.5, 0.6) is 0 Å². The zero-order valence-corrected chi connectivity index (χ0v) is 14.3. The van der Waals surface area contributed by atoms with E-state index >= 15 is 0 Å². The maximum absolute atomic E-state index is 12.9. The van der Waals surface area contributed by atoms with Crippen LogP contribution in [0.4, 0.5) is 5.82 Å². The predicted molar refractivity (Wildman–Crippen MR) is 86.9 cm³/mol. The van der Waals surface area contributed by atoms with Gasteiger partial charge in [0.1, 0.15) is 10.7 Å². The SMILES string of the molecule is CCNc1ncccc1S(=O)(=O)N(CC)CC(CC)CC. The zero-order chi connectivity index (χ0) is 15.9. The molecule has 0 aromatic carbocycles. The molecule has 5 nitrogen and oxygen atoms in total. The largest absolute Gasteiger partial charge is 0.369 e. The van der Waals surface area contributed by atoms with Gasteiger partial charge in [-0.1, -0.05) is 33.6 Å². The molecule has 0 aliphatic rings. The highest BCUT2D eigenvalue weighted by Crippen LogP contribution is 2.24. The Morgan fingerprint density at radius 3 is 2.43 bits per heavy atom. The van der Waals surface area contributed by atoms with E-state index in [1.165, 1.54) is 0 Å². The van der Waals surface area contributed by atoms with Gasteiger partial charge in [0.25, 0.3) is 0 Å². The average Bonchev–Trinajstić information content (AvgIpc) is 2.49. The Morgan fingerprint density at radius 1 is 1.24 bits per heavy atom. The Bertz CT molecular complexity index is 527. The van der Waals surface area contributed by atoms with Crippen LogP contribution in [0.2, 0.25) is 0 Å². The molecule has 1 N–H and O–H groups in total. The van der Waals surface area contributed by atoms with Crippen molar-refractivity contribution in [3.8, 4) is 0 Å². The van der Waals surface area contributed by atoms with Gasteiger partial charge in [-0.05, 0) is 25.0 Å². The second kappa shape index (κ2) is 8.34. The summed E-state index contributed by atoms with van der Waals surface area (Å²) >= 11 is 0. The van der Waals surface area contributed by atoms with Crippen molar-refractivity contribution >= 4 is 15.8 Å². The van der Waals surface area contributed by atoms with Crippen LogP contribution in [-0.2, 0) is 10.0 Å². The molecule has 0 atom stereocenters. The molecule has 21 heavy (non-hydrogen) atoms. The van der Waals surface area contributed by atoms with Crippen LogP contribution >= 0.6 is 0 Å². The van der Waals surface area contributed by atoms with Gasteiger partial charge in [-0.3, -0.25) is 0 Å². The number of hydrogen-bond donors (Lipinski definition) is 1. The maximum atomic E-state index is 12.9. The molecule has 0 saturated carbocycles. The summed E-state index contributed by atoms with van der Waals surface area (Å²) in [5, 5.41) is 3.03. The highest BCUT2D eigenvalue weighted by Gasteiger charge is 2.27. The molecule has 0 radical (unpaired) electrons. The normalized spacial score (nSPS) is 12.1.